The zero-order valence-electron chi connectivity index (χ0n) is 9.30. The van der Waals surface area contributed by atoms with Crippen LogP contribution in [0.1, 0.15) is 20.8 Å². The lowest BCUT2D eigenvalue weighted by Gasteiger charge is -2.21. The summed E-state index contributed by atoms with van der Waals surface area (Å²) >= 11 is 0. The van der Waals surface area contributed by atoms with Gasteiger partial charge >= 0.3 is 12.1 Å². The fourth-order valence-electron chi connectivity index (χ4n) is 0.780. The molecule has 0 bridgehead atoms. The Morgan fingerprint density at radius 3 is 2.27 bits per heavy atom. The average molecular weight is 221 g/mol. The molecule has 0 saturated carbocycles. The Kier molecular flexibility index (Phi) is 5.21. The highest BCUT2D eigenvalue weighted by Crippen LogP contribution is 2.06. The van der Waals surface area contributed by atoms with Gasteiger partial charge in [-0.25, -0.2) is 4.79 Å². The van der Waals surface area contributed by atoms with E-state index in [1.807, 2.05) is 0 Å². The second-order valence-corrected chi connectivity index (χ2v) is 3.96. The molecular formula is C9H16FNO4. The summed E-state index contributed by atoms with van der Waals surface area (Å²) in [4.78, 5) is 21.6. The Hall–Kier alpha value is -1.17. The summed E-state index contributed by atoms with van der Waals surface area (Å²) in [7, 11) is 1.30. The van der Waals surface area contributed by atoms with Gasteiger partial charge in [-0.2, -0.15) is 4.39 Å². The number of rotatable bonds is 4. The Morgan fingerprint density at radius 2 is 1.93 bits per heavy atom. The monoisotopic (exact) mass is 221 g/mol. The quantitative estimate of drug-likeness (QED) is 0.720. The van der Waals surface area contributed by atoms with Crippen molar-refractivity contribution >= 4 is 12.1 Å². The van der Waals surface area contributed by atoms with Gasteiger partial charge in [0.05, 0.1) is 6.61 Å². The van der Waals surface area contributed by atoms with Gasteiger partial charge in [0.1, 0.15) is 11.6 Å². The zero-order chi connectivity index (χ0) is 12.1. The second-order valence-electron chi connectivity index (χ2n) is 3.96. The molecule has 0 rings (SSSR count). The van der Waals surface area contributed by atoms with Crippen LogP contribution in [0, 0.1) is 0 Å². The van der Waals surface area contributed by atoms with Gasteiger partial charge in [-0.1, -0.05) is 0 Å². The first-order chi connectivity index (χ1) is 6.76. The van der Waals surface area contributed by atoms with Crippen molar-refractivity contribution in [1.29, 1.82) is 0 Å². The number of halogens is 1. The van der Waals surface area contributed by atoms with Crippen LogP contribution >= 0.6 is 0 Å². The smallest absolute Gasteiger partial charge is 0.408 e. The van der Waals surface area contributed by atoms with E-state index in [0.717, 1.165) is 0 Å². The number of methoxy groups -OCH3 is 1. The van der Waals surface area contributed by atoms with Crippen molar-refractivity contribution in [2.75, 3.05) is 13.7 Å². The number of amides is 1. The molecule has 1 amide bonds. The fourth-order valence-corrected chi connectivity index (χ4v) is 0.780. The number of hydrogen-bond acceptors (Lipinski definition) is 4. The Morgan fingerprint density at radius 1 is 1.40 bits per heavy atom. The normalized spacial score (nSPS) is 13.1. The van der Waals surface area contributed by atoms with Crippen molar-refractivity contribution in [3.8, 4) is 0 Å². The molecular weight excluding hydrogens is 205 g/mol. The molecule has 0 fully saturated rings. The zero-order valence-corrected chi connectivity index (χ0v) is 9.30. The minimum Gasteiger partial charge on any atom is -0.444 e. The van der Waals surface area contributed by atoms with Crippen LogP contribution in [-0.2, 0) is 14.3 Å². The molecule has 0 aromatic heterocycles. The summed E-state index contributed by atoms with van der Waals surface area (Å²) in [6, 6.07) is -2.98. The van der Waals surface area contributed by atoms with Crippen molar-refractivity contribution in [3.63, 3.8) is 0 Å². The molecule has 88 valence electrons. The Bertz CT molecular complexity index is 237. The maximum absolute atomic E-state index is 12.4. The predicted octanol–water partition coefficient (Wildman–Crippen LogP) is 1.02. The number of ether oxygens (including phenoxy) is 2. The molecule has 0 radical (unpaired) electrons. The number of carbonyl (C=O) groups excluding carboxylic acids is 2. The summed E-state index contributed by atoms with van der Waals surface area (Å²) in [5.74, 6) is 0. The highest BCUT2D eigenvalue weighted by molar-refractivity contribution is 5.80. The van der Waals surface area contributed by atoms with E-state index >= 15 is 0 Å². The van der Waals surface area contributed by atoms with Crippen molar-refractivity contribution in [2.45, 2.75) is 32.4 Å². The van der Waals surface area contributed by atoms with Crippen LogP contribution in [0.5, 0.6) is 0 Å². The third kappa shape index (κ3) is 6.84. The Balaban J connectivity index is 4.18. The van der Waals surface area contributed by atoms with Gasteiger partial charge in [-0.05, 0) is 20.8 Å². The van der Waals surface area contributed by atoms with Crippen LogP contribution in [0.4, 0.5) is 9.18 Å². The van der Waals surface area contributed by atoms with Crippen molar-refractivity contribution in [2.24, 2.45) is 0 Å². The molecule has 0 unspecified atom stereocenters. The van der Waals surface area contributed by atoms with E-state index in [1.54, 1.807) is 20.8 Å². The van der Waals surface area contributed by atoms with Gasteiger partial charge in [-0.3, -0.25) is 4.79 Å². The standard InChI is InChI=1S/C9H16FNO4/c1-9(2,3)15-8(13)11-6(5-14-4)7(10)12/h6H,5H2,1-4H3,(H,11,13)/t6-/m0/s1. The molecule has 5 nitrogen and oxygen atoms in total. The van der Waals surface area contributed by atoms with Crippen LogP contribution < -0.4 is 5.32 Å². The van der Waals surface area contributed by atoms with Crippen LogP contribution in [0.25, 0.3) is 0 Å². The maximum Gasteiger partial charge on any atom is 0.408 e. The third-order valence-corrected chi connectivity index (χ3v) is 1.30. The number of hydrogen-bond donors (Lipinski definition) is 1. The summed E-state index contributed by atoms with van der Waals surface area (Å²) in [6.45, 7) is 4.76. The minimum absolute atomic E-state index is 0.228. The molecule has 1 atom stereocenters. The van der Waals surface area contributed by atoms with Gasteiger partial charge in [0.15, 0.2) is 0 Å². The molecule has 15 heavy (non-hydrogen) atoms. The lowest BCUT2D eigenvalue weighted by atomic mass is 10.2. The molecule has 6 heteroatoms. The largest absolute Gasteiger partial charge is 0.444 e. The number of carbonyl (C=O) groups is 2. The first-order valence-corrected chi connectivity index (χ1v) is 4.44. The van der Waals surface area contributed by atoms with Gasteiger partial charge in [0, 0.05) is 7.11 Å². The van der Waals surface area contributed by atoms with Crippen molar-refractivity contribution in [3.05, 3.63) is 0 Å². The molecule has 0 spiro atoms. The molecule has 0 aromatic carbocycles. The second kappa shape index (κ2) is 5.65. The summed E-state index contributed by atoms with van der Waals surface area (Å²) in [5.41, 5.74) is -0.693. The van der Waals surface area contributed by atoms with Crippen LogP contribution in [0.3, 0.4) is 0 Å². The minimum atomic E-state index is -1.66. The van der Waals surface area contributed by atoms with Crippen molar-refractivity contribution < 1.29 is 23.5 Å². The molecule has 0 aliphatic rings. The van der Waals surface area contributed by atoms with E-state index < -0.39 is 23.8 Å². The molecule has 0 aromatic rings. The highest BCUT2D eigenvalue weighted by Gasteiger charge is 2.23. The SMILES string of the molecule is COC[C@H](NC(=O)OC(C)(C)C)C(=O)F. The predicted molar refractivity (Wildman–Crippen MR) is 51.1 cm³/mol. The van der Waals surface area contributed by atoms with E-state index in [2.05, 4.69) is 10.1 Å². The van der Waals surface area contributed by atoms with Crippen LogP contribution in [0.15, 0.2) is 0 Å². The first kappa shape index (κ1) is 13.8. The van der Waals surface area contributed by atoms with Crippen molar-refractivity contribution in [1.82, 2.24) is 5.32 Å². The molecule has 0 aliphatic heterocycles. The number of alkyl carbamates (subject to hydrolysis) is 1. The van der Waals surface area contributed by atoms with Gasteiger partial charge in [0.25, 0.3) is 0 Å². The third-order valence-electron chi connectivity index (χ3n) is 1.30. The maximum atomic E-state index is 12.4. The fraction of sp³-hybridized carbons (Fsp3) is 0.778. The Labute approximate surface area is 87.9 Å². The molecule has 0 aliphatic carbocycles. The summed E-state index contributed by atoms with van der Waals surface area (Å²) in [6.07, 6.45) is -0.851. The van der Waals surface area contributed by atoms with Gasteiger partial charge < -0.3 is 14.8 Å². The van der Waals surface area contributed by atoms with Gasteiger partial charge in [0.2, 0.25) is 0 Å². The van der Waals surface area contributed by atoms with E-state index in [-0.39, 0.29) is 6.61 Å². The molecule has 0 saturated heterocycles. The van der Waals surface area contributed by atoms with Crippen LogP contribution in [-0.4, -0.2) is 37.5 Å². The van der Waals surface area contributed by atoms with Gasteiger partial charge in [-0.15, -0.1) is 0 Å². The van der Waals surface area contributed by atoms with E-state index in [4.69, 9.17) is 4.74 Å². The molecule has 1 N–H and O–H groups in total. The van der Waals surface area contributed by atoms with Crippen LogP contribution in [0.2, 0.25) is 0 Å². The topological polar surface area (TPSA) is 64.6 Å². The first-order valence-electron chi connectivity index (χ1n) is 4.44. The summed E-state index contributed by atoms with van der Waals surface area (Å²) < 4.78 is 21.8. The van der Waals surface area contributed by atoms with E-state index in [9.17, 15) is 14.0 Å². The lowest BCUT2D eigenvalue weighted by molar-refractivity contribution is -0.132. The van der Waals surface area contributed by atoms with E-state index in [0.29, 0.717) is 0 Å². The molecule has 0 heterocycles. The number of nitrogens with one attached hydrogen (secondary N) is 1. The lowest BCUT2D eigenvalue weighted by Crippen LogP contribution is -2.44. The average Bonchev–Trinajstić information content (AvgIpc) is 1.99. The summed E-state index contributed by atoms with van der Waals surface area (Å²) in [5, 5.41) is 2.06. The van der Waals surface area contributed by atoms with E-state index in [1.165, 1.54) is 7.11 Å². The highest BCUT2D eigenvalue weighted by atomic mass is 19.1.